The van der Waals surface area contributed by atoms with Crippen LogP contribution in [0.25, 0.3) is 0 Å². The second kappa shape index (κ2) is 8.48. The molecule has 134 valence electrons. The molecule has 1 aromatic heterocycles. The number of nitrogens with one attached hydrogen (secondary N) is 2. The number of carbonyl (C=O) groups excluding carboxylic acids is 1. The molecule has 1 aromatic rings. The Morgan fingerprint density at radius 1 is 1.42 bits per heavy atom. The molecule has 0 bridgehead atoms. The number of aryl methyl sites for hydroxylation is 2. The molecular weight excluding hydrogens is 306 g/mol. The average molecular weight is 335 g/mol. The first-order valence-electron chi connectivity index (χ1n) is 9.08. The van der Waals surface area contributed by atoms with Crippen molar-refractivity contribution in [2.75, 3.05) is 45.9 Å². The monoisotopic (exact) mass is 335 g/mol. The molecule has 0 radical (unpaired) electrons. The fraction of sp³-hybridized carbons (Fsp3) is 0.765. The number of nitrogens with zero attached hydrogens (tertiary/aromatic N) is 3. The zero-order valence-corrected chi connectivity index (χ0v) is 14.6. The lowest BCUT2D eigenvalue weighted by atomic mass is 10.1. The van der Waals surface area contributed by atoms with Gasteiger partial charge in [-0.1, -0.05) is 0 Å². The molecule has 2 aliphatic heterocycles. The van der Waals surface area contributed by atoms with Gasteiger partial charge in [0, 0.05) is 51.6 Å². The lowest BCUT2D eigenvalue weighted by Gasteiger charge is -2.35. The second-order valence-corrected chi connectivity index (χ2v) is 6.78. The topological polar surface area (TPSA) is 73.5 Å². The summed E-state index contributed by atoms with van der Waals surface area (Å²) in [6.45, 7) is 8.16. The van der Waals surface area contributed by atoms with Gasteiger partial charge in [-0.2, -0.15) is 5.10 Å². The fourth-order valence-corrected chi connectivity index (χ4v) is 3.42. The number of piperazine rings is 1. The van der Waals surface area contributed by atoms with Crippen molar-refractivity contribution in [1.82, 2.24) is 25.3 Å². The molecule has 3 rings (SSSR count). The Kier molecular flexibility index (Phi) is 6.09. The van der Waals surface area contributed by atoms with Crippen LogP contribution in [0.4, 0.5) is 4.79 Å². The molecule has 2 saturated heterocycles. The highest BCUT2D eigenvalue weighted by Gasteiger charge is 2.24. The van der Waals surface area contributed by atoms with Gasteiger partial charge in [0.05, 0.1) is 12.3 Å². The number of ether oxygens (including phenoxy) is 1. The van der Waals surface area contributed by atoms with E-state index in [1.807, 2.05) is 18.0 Å². The van der Waals surface area contributed by atoms with Crippen molar-refractivity contribution in [2.24, 2.45) is 0 Å². The summed E-state index contributed by atoms with van der Waals surface area (Å²) in [5.41, 5.74) is 2.34. The molecule has 0 saturated carbocycles. The number of urea groups is 1. The van der Waals surface area contributed by atoms with E-state index in [2.05, 4.69) is 20.4 Å². The van der Waals surface area contributed by atoms with Crippen LogP contribution in [-0.2, 0) is 11.2 Å². The number of hydrogen-bond acceptors (Lipinski definition) is 4. The SMILES string of the molecule is Cc1[nH]ncc1CCCNC(=O)N1CCN(C[C@@H]2CCCO2)CC1. The van der Waals surface area contributed by atoms with Gasteiger partial charge in [0.2, 0.25) is 0 Å². The van der Waals surface area contributed by atoms with Crippen LogP contribution in [0.5, 0.6) is 0 Å². The summed E-state index contributed by atoms with van der Waals surface area (Å²) in [6, 6.07) is 0.0654. The lowest BCUT2D eigenvalue weighted by Crippen LogP contribution is -2.53. The maximum atomic E-state index is 12.2. The first-order valence-corrected chi connectivity index (χ1v) is 9.08. The highest BCUT2D eigenvalue weighted by atomic mass is 16.5. The van der Waals surface area contributed by atoms with Crippen LogP contribution in [0.15, 0.2) is 6.20 Å². The Balaban J connectivity index is 1.29. The molecular formula is C17H29N5O2. The van der Waals surface area contributed by atoms with Crippen LogP contribution in [-0.4, -0.2) is 78.0 Å². The zero-order valence-electron chi connectivity index (χ0n) is 14.6. The van der Waals surface area contributed by atoms with Gasteiger partial charge >= 0.3 is 6.03 Å². The third kappa shape index (κ3) is 4.70. The predicted octanol–water partition coefficient (Wildman–Crippen LogP) is 1.16. The number of amides is 2. The van der Waals surface area contributed by atoms with E-state index in [0.717, 1.165) is 57.9 Å². The molecule has 7 heteroatoms. The fourth-order valence-electron chi connectivity index (χ4n) is 3.42. The smallest absolute Gasteiger partial charge is 0.317 e. The Labute approximate surface area is 143 Å². The molecule has 1 atom stereocenters. The van der Waals surface area contributed by atoms with E-state index in [4.69, 9.17) is 4.74 Å². The molecule has 0 aromatic carbocycles. The van der Waals surface area contributed by atoms with Gasteiger partial charge in [0.15, 0.2) is 0 Å². The van der Waals surface area contributed by atoms with Crippen LogP contribution < -0.4 is 5.32 Å². The summed E-state index contributed by atoms with van der Waals surface area (Å²) < 4.78 is 5.69. The minimum atomic E-state index is 0.0654. The molecule has 7 nitrogen and oxygen atoms in total. The van der Waals surface area contributed by atoms with Crippen molar-refractivity contribution in [1.29, 1.82) is 0 Å². The van der Waals surface area contributed by atoms with Crippen molar-refractivity contribution in [2.45, 2.75) is 38.7 Å². The zero-order chi connectivity index (χ0) is 16.8. The Morgan fingerprint density at radius 3 is 2.92 bits per heavy atom. The van der Waals surface area contributed by atoms with Gasteiger partial charge in [0.1, 0.15) is 0 Å². The van der Waals surface area contributed by atoms with Gasteiger partial charge in [0.25, 0.3) is 0 Å². The van der Waals surface area contributed by atoms with Gasteiger partial charge in [-0.25, -0.2) is 4.79 Å². The van der Waals surface area contributed by atoms with Crippen molar-refractivity contribution in [3.8, 4) is 0 Å². The molecule has 24 heavy (non-hydrogen) atoms. The van der Waals surface area contributed by atoms with E-state index in [1.54, 1.807) is 0 Å². The largest absolute Gasteiger partial charge is 0.377 e. The summed E-state index contributed by atoms with van der Waals surface area (Å²) in [4.78, 5) is 16.6. The van der Waals surface area contributed by atoms with E-state index < -0.39 is 0 Å². The third-order valence-electron chi connectivity index (χ3n) is 4.98. The van der Waals surface area contributed by atoms with E-state index in [1.165, 1.54) is 18.4 Å². The molecule has 2 aliphatic rings. The summed E-state index contributed by atoms with van der Waals surface area (Å²) >= 11 is 0. The van der Waals surface area contributed by atoms with Gasteiger partial charge < -0.3 is 15.0 Å². The molecule has 0 spiro atoms. The summed E-state index contributed by atoms with van der Waals surface area (Å²) in [5, 5.41) is 9.99. The van der Waals surface area contributed by atoms with Crippen LogP contribution in [0.1, 0.15) is 30.5 Å². The Hall–Kier alpha value is -1.60. The van der Waals surface area contributed by atoms with Crippen molar-refractivity contribution in [3.05, 3.63) is 17.5 Å². The van der Waals surface area contributed by atoms with E-state index in [9.17, 15) is 4.79 Å². The van der Waals surface area contributed by atoms with E-state index >= 15 is 0 Å². The van der Waals surface area contributed by atoms with Crippen LogP contribution >= 0.6 is 0 Å². The number of hydrogen-bond donors (Lipinski definition) is 2. The molecule has 0 aliphatic carbocycles. The highest BCUT2D eigenvalue weighted by molar-refractivity contribution is 5.74. The Morgan fingerprint density at radius 2 is 2.25 bits per heavy atom. The van der Waals surface area contributed by atoms with E-state index in [0.29, 0.717) is 12.6 Å². The quantitative estimate of drug-likeness (QED) is 0.765. The highest BCUT2D eigenvalue weighted by Crippen LogP contribution is 2.14. The third-order valence-corrected chi connectivity index (χ3v) is 4.98. The Bertz CT molecular complexity index is 519. The van der Waals surface area contributed by atoms with E-state index in [-0.39, 0.29) is 6.03 Å². The van der Waals surface area contributed by atoms with Crippen molar-refractivity contribution in [3.63, 3.8) is 0 Å². The normalized spacial score (nSPS) is 22.0. The molecule has 0 unspecified atom stereocenters. The van der Waals surface area contributed by atoms with Gasteiger partial charge in [-0.3, -0.25) is 10.00 Å². The standard InChI is InChI=1S/C17H29N5O2/c1-14-15(12-19-20-14)4-2-6-18-17(23)22-9-7-21(8-10-22)13-16-5-3-11-24-16/h12,16H,2-11,13H2,1H3,(H,18,23)(H,19,20)/t16-/m0/s1. The minimum Gasteiger partial charge on any atom is -0.377 e. The number of H-pyrrole nitrogens is 1. The number of aromatic amines is 1. The number of rotatable bonds is 6. The summed E-state index contributed by atoms with van der Waals surface area (Å²) in [7, 11) is 0. The lowest BCUT2D eigenvalue weighted by molar-refractivity contribution is 0.0561. The molecule has 3 heterocycles. The van der Waals surface area contributed by atoms with Crippen molar-refractivity contribution >= 4 is 6.03 Å². The van der Waals surface area contributed by atoms with Crippen LogP contribution in [0, 0.1) is 6.92 Å². The molecule has 2 amide bonds. The first kappa shape index (κ1) is 17.2. The van der Waals surface area contributed by atoms with Crippen LogP contribution in [0.2, 0.25) is 0 Å². The second-order valence-electron chi connectivity index (χ2n) is 6.78. The molecule has 2 fully saturated rings. The van der Waals surface area contributed by atoms with Gasteiger partial charge in [-0.05, 0) is 38.2 Å². The molecule has 2 N–H and O–H groups in total. The van der Waals surface area contributed by atoms with Crippen LogP contribution in [0.3, 0.4) is 0 Å². The maximum absolute atomic E-state index is 12.2. The minimum absolute atomic E-state index is 0.0654. The predicted molar refractivity (Wildman–Crippen MR) is 92.0 cm³/mol. The van der Waals surface area contributed by atoms with Gasteiger partial charge in [-0.15, -0.1) is 0 Å². The maximum Gasteiger partial charge on any atom is 0.317 e. The first-order chi connectivity index (χ1) is 11.7. The summed E-state index contributed by atoms with van der Waals surface area (Å²) in [6.07, 6.45) is 6.51. The summed E-state index contributed by atoms with van der Waals surface area (Å²) in [5.74, 6) is 0. The number of carbonyl (C=O) groups is 1. The average Bonchev–Trinajstić information content (AvgIpc) is 3.24. The number of aromatic nitrogens is 2. The van der Waals surface area contributed by atoms with Crippen molar-refractivity contribution < 1.29 is 9.53 Å².